The van der Waals surface area contributed by atoms with Gasteiger partial charge in [0.2, 0.25) is 11.8 Å². The number of hydrogen-bond acceptors (Lipinski definition) is 5. The Labute approximate surface area is 131 Å². The molecule has 7 nitrogen and oxygen atoms in total. The highest BCUT2D eigenvalue weighted by atomic mass is 32.2. The highest BCUT2D eigenvalue weighted by Gasteiger charge is 2.33. The molecule has 3 N–H and O–H groups in total. The van der Waals surface area contributed by atoms with E-state index in [1.165, 1.54) is 11.8 Å². The van der Waals surface area contributed by atoms with E-state index in [0.29, 0.717) is 11.4 Å². The number of carboxylic acid groups (broad SMARTS) is 1. The Morgan fingerprint density at radius 2 is 2.09 bits per heavy atom. The summed E-state index contributed by atoms with van der Waals surface area (Å²) in [6.45, 7) is 0. The summed E-state index contributed by atoms with van der Waals surface area (Å²) in [5, 5.41) is 13.4. The van der Waals surface area contributed by atoms with Crippen LogP contribution in [0.2, 0.25) is 0 Å². The van der Waals surface area contributed by atoms with Crippen LogP contribution in [0.4, 0.5) is 5.69 Å². The van der Waals surface area contributed by atoms with E-state index in [1.54, 1.807) is 31.4 Å². The molecule has 1 aliphatic rings. The van der Waals surface area contributed by atoms with E-state index >= 15 is 0 Å². The maximum Gasteiger partial charge on any atom is 0.327 e. The second-order valence-corrected chi connectivity index (χ2v) is 5.94. The summed E-state index contributed by atoms with van der Waals surface area (Å²) in [4.78, 5) is 34.5. The first-order valence-electron chi connectivity index (χ1n) is 6.58. The number of thioether (sulfide) groups is 1. The Morgan fingerprint density at radius 3 is 2.64 bits per heavy atom. The monoisotopic (exact) mass is 324 g/mol. The molecule has 0 aromatic heterocycles. The third-order valence-electron chi connectivity index (χ3n) is 3.12. The Kier molecular flexibility index (Phi) is 5.26. The van der Waals surface area contributed by atoms with Gasteiger partial charge in [0, 0.05) is 17.9 Å². The molecule has 0 saturated carbocycles. The summed E-state index contributed by atoms with van der Waals surface area (Å²) in [5.41, 5.74) is 0.607. The lowest BCUT2D eigenvalue weighted by Crippen LogP contribution is -2.51. The third kappa shape index (κ3) is 4.14. The van der Waals surface area contributed by atoms with Crippen molar-refractivity contribution < 1.29 is 24.2 Å². The molecule has 2 amide bonds. The predicted octanol–water partition coefficient (Wildman–Crippen LogP) is 0.709. The van der Waals surface area contributed by atoms with Gasteiger partial charge in [-0.05, 0) is 24.3 Å². The van der Waals surface area contributed by atoms with Gasteiger partial charge in [-0.15, -0.1) is 11.8 Å². The van der Waals surface area contributed by atoms with E-state index in [4.69, 9.17) is 9.84 Å². The van der Waals surface area contributed by atoms with Crippen molar-refractivity contribution in [2.24, 2.45) is 0 Å². The second-order valence-electron chi connectivity index (χ2n) is 4.70. The van der Waals surface area contributed by atoms with E-state index in [9.17, 15) is 14.4 Å². The minimum absolute atomic E-state index is 0.00509. The summed E-state index contributed by atoms with van der Waals surface area (Å²) in [6.07, 6.45) is -0.00509. The first-order valence-corrected chi connectivity index (χ1v) is 7.63. The zero-order valence-corrected chi connectivity index (χ0v) is 12.7. The number of ether oxygens (including phenoxy) is 1. The molecular weight excluding hydrogens is 308 g/mol. The fourth-order valence-electron chi connectivity index (χ4n) is 1.93. The number of nitrogens with one attached hydrogen (secondary N) is 2. The van der Waals surface area contributed by atoms with Gasteiger partial charge in [0.1, 0.15) is 11.8 Å². The second kappa shape index (κ2) is 7.17. The van der Waals surface area contributed by atoms with Crippen molar-refractivity contribution >= 4 is 35.2 Å². The average molecular weight is 324 g/mol. The van der Waals surface area contributed by atoms with Crippen LogP contribution in [0.1, 0.15) is 6.42 Å². The van der Waals surface area contributed by atoms with E-state index in [2.05, 4.69) is 10.6 Å². The Hall–Kier alpha value is -2.22. The lowest BCUT2D eigenvalue weighted by molar-refractivity contribution is -0.141. The zero-order chi connectivity index (χ0) is 16.1. The predicted molar refractivity (Wildman–Crippen MR) is 82.1 cm³/mol. The van der Waals surface area contributed by atoms with Crippen molar-refractivity contribution in [3.63, 3.8) is 0 Å². The summed E-state index contributed by atoms with van der Waals surface area (Å²) in [6, 6.07) is 5.94. The average Bonchev–Trinajstić information content (AvgIpc) is 2.50. The van der Waals surface area contributed by atoms with Gasteiger partial charge in [0.25, 0.3) is 0 Å². The Balaban J connectivity index is 1.86. The van der Waals surface area contributed by atoms with Crippen LogP contribution >= 0.6 is 11.8 Å². The van der Waals surface area contributed by atoms with E-state index < -0.39 is 23.2 Å². The van der Waals surface area contributed by atoms with Crippen LogP contribution in [-0.4, -0.2) is 47.0 Å². The van der Waals surface area contributed by atoms with Crippen LogP contribution in [-0.2, 0) is 14.4 Å². The quantitative estimate of drug-likeness (QED) is 0.737. The number of carbonyl (C=O) groups excluding carboxylic acids is 2. The van der Waals surface area contributed by atoms with Crippen molar-refractivity contribution in [3.05, 3.63) is 24.3 Å². The van der Waals surface area contributed by atoms with Crippen LogP contribution in [0.15, 0.2) is 24.3 Å². The Morgan fingerprint density at radius 1 is 1.41 bits per heavy atom. The summed E-state index contributed by atoms with van der Waals surface area (Å²) >= 11 is 1.18. The standard InChI is InChI=1S/C14H16N2O5S/c1-21-9-4-2-8(3-5-9)15-12(17)6-11-13(18)16-10(7-22-11)14(19)20/h2-5,10-11H,6-7H2,1H3,(H,15,17)(H,16,18)(H,19,20)/t10-,11+/m1/s1. The molecule has 8 heteroatoms. The maximum atomic E-state index is 11.9. The number of benzene rings is 1. The molecular formula is C14H16N2O5S. The van der Waals surface area contributed by atoms with Crippen molar-refractivity contribution in [1.29, 1.82) is 0 Å². The van der Waals surface area contributed by atoms with Gasteiger partial charge in [-0.1, -0.05) is 0 Å². The molecule has 1 fully saturated rings. The summed E-state index contributed by atoms with van der Waals surface area (Å²) in [7, 11) is 1.55. The topological polar surface area (TPSA) is 105 Å². The van der Waals surface area contributed by atoms with Gasteiger partial charge in [-0.25, -0.2) is 4.79 Å². The fourth-order valence-corrected chi connectivity index (χ4v) is 3.07. The maximum absolute atomic E-state index is 11.9. The van der Waals surface area contributed by atoms with Gasteiger partial charge < -0.3 is 20.5 Å². The number of carboxylic acids is 1. The zero-order valence-electron chi connectivity index (χ0n) is 11.9. The van der Waals surface area contributed by atoms with Gasteiger partial charge in [0.15, 0.2) is 0 Å². The Bertz CT molecular complexity index is 575. The molecule has 2 rings (SSSR count). The number of anilines is 1. The van der Waals surface area contributed by atoms with Crippen LogP contribution in [0.3, 0.4) is 0 Å². The SMILES string of the molecule is COc1ccc(NC(=O)C[C@@H]2SC[C@H](C(=O)O)NC2=O)cc1. The van der Waals surface area contributed by atoms with E-state index in [0.717, 1.165) is 0 Å². The molecule has 1 aliphatic heterocycles. The minimum Gasteiger partial charge on any atom is -0.497 e. The molecule has 0 spiro atoms. The number of carbonyl (C=O) groups is 3. The lowest BCUT2D eigenvalue weighted by atomic mass is 10.2. The number of hydrogen-bond donors (Lipinski definition) is 3. The highest BCUT2D eigenvalue weighted by molar-refractivity contribution is 8.00. The van der Waals surface area contributed by atoms with Gasteiger partial charge in [-0.2, -0.15) is 0 Å². The minimum atomic E-state index is -1.07. The van der Waals surface area contributed by atoms with Crippen molar-refractivity contribution in [1.82, 2.24) is 5.32 Å². The molecule has 1 heterocycles. The number of aliphatic carboxylic acids is 1. The molecule has 22 heavy (non-hydrogen) atoms. The van der Waals surface area contributed by atoms with Crippen LogP contribution in [0.5, 0.6) is 5.75 Å². The normalized spacial score (nSPS) is 20.9. The molecule has 2 atom stereocenters. The van der Waals surface area contributed by atoms with Gasteiger partial charge >= 0.3 is 5.97 Å². The van der Waals surface area contributed by atoms with Crippen LogP contribution in [0.25, 0.3) is 0 Å². The first-order chi connectivity index (χ1) is 10.5. The lowest BCUT2D eigenvalue weighted by Gasteiger charge is -2.25. The smallest absolute Gasteiger partial charge is 0.327 e. The summed E-state index contributed by atoms with van der Waals surface area (Å²) < 4.78 is 5.02. The molecule has 1 saturated heterocycles. The largest absolute Gasteiger partial charge is 0.497 e. The van der Waals surface area contributed by atoms with Crippen molar-refractivity contribution in [2.45, 2.75) is 17.7 Å². The van der Waals surface area contributed by atoms with E-state index in [1.807, 2.05) is 0 Å². The van der Waals surface area contributed by atoms with Crippen LogP contribution in [0, 0.1) is 0 Å². The third-order valence-corrected chi connectivity index (χ3v) is 4.42. The number of amides is 2. The first kappa shape index (κ1) is 16.2. The van der Waals surface area contributed by atoms with Crippen molar-refractivity contribution in [3.8, 4) is 5.75 Å². The highest BCUT2D eigenvalue weighted by Crippen LogP contribution is 2.22. The van der Waals surface area contributed by atoms with Gasteiger partial charge in [0.05, 0.1) is 12.4 Å². The summed E-state index contributed by atoms with van der Waals surface area (Å²) in [5.74, 6) is -0.858. The molecule has 1 aromatic carbocycles. The fraction of sp³-hybridized carbons (Fsp3) is 0.357. The number of rotatable bonds is 5. The molecule has 118 valence electrons. The molecule has 0 unspecified atom stereocenters. The molecule has 1 aromatic rings. The van der Waals surface area contributed by atoms with Crippen molar-refractivity contribution in [2.75, 3.05) is 18.2 Å². The molecule has 0 aliphatic carbocycles. The number of methoxy groups -OCH3 is 1. The van der Waals surface area contributed by atoms with E-state index in [-0.39, 0.29) is 18.1 Å². The molecule has 0 bridgehead atoms. The van der Waals surface area contributed by atoms with Gasteiger partial charge in [-0.3, -0.25) is 9.59 Å². The molecule has 0 radical (unpaired) electrons. The van der Waals surface area contributed by atoms with Crippen LogP contribution < -0.4 is 15.4 Å².